The van der Waals surface area contributed by atoms with E-state index in [0.29, 0.717) is 18.1 Å². The van der Waals surface area contributed by atoms with Gasteiger partial charge in [-0.3, -0.25) is 0 Å². The molecule has 7 unspecified atom stereocenters. The smallest absolute Gasteiger partial charge is 0.0900 e. The predicted octanol–water partition coefficient (Wildman–Crippen LogP) is 0.791. The van der Waals surface area contributed by atoms with Crippen molar-refractivity contribution in [3.63, 3.8) is 0 Å². The van der Waals surface area contributed by atoms with Gasteiger partial charge in [0.2, 0.25) is 0 Å². The molecule has 12 heavy (non-hydrogen) atoms. The summed E-state index contributed by atoms with van der Waals surface area (Å²) < 4.78 is 5.66. The molecule has 2 bridgehead atoms. The topological polar surface area (TPSA) is 32.8 Å². The third-order valence-corrected chi connectivity index (χ3v) is 4.54. The first-order valence-corrected chi connectivity index (χ1v) is 5.20. The molecule has 1 saturated heterocycles. The van der Waals surface area contributed by atoms with E-state index in [9.17, 15) is 5.11 Å². The SMILES string of the molecule is OC1CCC2C3CC3C1C1OC21. The Morgan fingerprint density at radius 1 is 1.00 bits per heavy atom. The van der Waals surface area contributed by atoms with Crippen LogP contribution in [0, 0.1) is 23.7 Å². The zero-order chi connectivity index (χ0) is 7.87. The van der Waals surface area contributed by atoms with Crippen LogP contribution in [0.1, 0.15) is 19.3 Å². The number of aliphatic hydroxyl groups is 1. The Morgan fingerprint density at radius 2 is 1.92 bits per heavy atom. The molecule has 1 aliphatic heterocycles. The van der Waals surface area contributed by atoms with Crippen molar-refractivity contribution in [2.24, 2.45) is 23.7 Å². The summed E-state index contributed by atoms with van der Waals surface area (Å²) in [5.41, 5.74) is 0. The number of rotatable bonds is 0. The predicted molar refractivity (Wildman–Crippen MR) is 42.5 cm³/mol. The fraction of sp³-hybridized carbons (Fsp3) is 1.00. The molecular formula is C10H14O2. The van der Waals surface area contributed by atoms with Crippen molar-refractivity contribution >= 4 is 0 Å². The standard InChI is InChI=1S/C10H14O2/c11-7-2-1-4-5-3-6(5)8(7)10-9(4)12-10/h4-11H,1-3H2. The van der Waals surface area contributed by atoms with E-state index in [-0.39, 0.29) is 6.10 Å². The van der Waals surface area contributed by atoms with Crippen LogP contribution in [-0.2, 0) is 4.74 Å². The molecule has 5 aliphatic rings. The molecule has 5 rings (SSSR count). The maximum Gasteiger partial charge on any atom is 0.0900 e. The summed E-state index contributed by atoms with van der Waals surface area (Å²) in [5.74, 6) is 3.14. The summed E-state index contributed by atoms with van der Waals surface area (Å²) in [4.78, 5) is 0. The maximum absolute atomic E-state index is 9.89. The average molecular weight is 166 g/mol. The molecule has 0 amide bonds. The van der Waals surface area contributed by atoms with Crippen molar-refractivity contribution in [3.05, 3.63) is 0 Å². The molecule has 2 nitrogen and oxygen atoms in total. The molecule has 0 radical (unpaired) electrons. The van der Waals surface area contributed by atoms with Crippen LogP contribution in [0.15, 0.2) is 0 Å². The molecule has 1 N–H and O–H groups in total. The number of epoxide rings is 1. The second kappa shape index (κ2) is 1.73. The fourth-order valence-corrected chi connectivity index (χ4v) is 3.89. The minimum Gasteiger partial charge on any atom is -0.393 e. The first-order chi connectivity index (χ1) is 5.86. The van der Waals surface area contributed by atoms with Crippen LogP contribution >= 0.6 is 0 Å². The van der Waals surface area contributed by atoms with E-state index >= 15 is 0 Å². The van der Waals surface area contributed by atoms with E-state index in [4.69, 9.17) is 4.74 Å². The second-order valence-electron chi connectivity index (χ2n) is 5.01. The van der Waals surface area contributed by atoms with E-state index in [2.05, 4.69) is 0 Å². The third-order valence-electron chi connectivity index (χ3n) is 4.54. The monoisotopic (exact) mass is 166 g/mol. The van der Waals surface area contributed by atoms with Crippen molar-refractivity contribution in [1.29, 1.82) is 0 Å². The highest BCUT2D eigenvalue weighted by Gasteiger charge is 2.68. The highest BCUT2D eigenvalue weighted by atomic mass is 16.6. The molecule has 7 atom stereocenters. The highest BCUT2D eigenvalue weighted by molar-refractivity contribution is 5.16. The summed E-state index contributed by atoms with van der Waals surface area (Å²) in [7, 11) is 0. The van der Waals surface area contributed by atoms with Crippen LogP contribution in [0.3, 0.4) is 0 Å². The zero-order valence-electron chi connectivity index (χ0n) is 7.02. The van der Waals surface area contributed by atoms with E-state index in [1.807, 2.05) is 0 Å². The van der Waals surface area contributed by atoms with E-state index in [1.54, 1.807) is 0 Å². The summed E-state index contributed by atoms with van der Waals surface area (Å²) in [6.45, 7) is 0. The molecule has 0 aromatic carbocycles. The lowest BCUT2D eigenvalue weighted by molar-refractivity contribution is 0.0719. The molecular weight excluding hydrogens is 152 g/mol. The van der Waals surface area contributed by atoms with Crippen LogP contribution in [0.2, 0.25) is 0 Å². The normalized spacial score (nSPS) is 71.2. The van der Waals surface area contributed by atoms with Gasteiger partial charge in [-0.25, -0.2) is 0 Å². The molecule has 0 aromatic heterocycles. The minimum atomic E-state index is -0.0394. The number of ether oxygens (including phenoxy) is 1. The van der Waals surface area contributed by atoms with Gasteiger partial charge < -0.3 is 9.84 Å². The molecule has 0 spiro atoms. The largest absolute Gasteiger partial charge is 0.393 e. The summed E-state index contributed by atoms with van der Waals surface area (Å²) in [6, 6.07) is 0. The maximum atomic E-state index is 9.89. The van der Waals surface area contributed by atoms with Gasteiger partial charge in [0, 0.05) is 5.92 Å². The summed E-state index contributed by atoms with van der Waals surface area (Å²) >= 11 is 0. The van der Waals surface area contributed by atoms with Gasteiger partial charge in [0.25, 0.3) is 0 Å². The Kier molecular flexibility index (Phi) is 0.921. The second-order valence-corrected chi connectivity index (χ2v) is 5.01. The van der Waals surface area contributed by atoms with Crippen molar-refractivity contribution in [3.8, 4) is 0 Å². The first kappa shape index (κ1) is 6.39. The van der Waals surface area contributed by atoms with Crippen molar-refractivity contribution in [2.75, 3.05) is 0 Å². The summed E-state index contributed by atoms with van der Waals surface area (Å²) in [5, 5.41) is 9.89. The lowest BCUT2D eigenvalue weighted by Gasteiger charge is -2.20. The quantitative estimate of drug-likeness (QED) is 0.540. The van der Waals surface area contributed by atoms with Gasteiger partial charge in [0.1, 0.15) is 0 Å². The molecule has 5 fully saturated rings. The van der Waals surface area contributed by atoms with E-state index in [0.717, 1.165) is 24.2 Å². The van der Waals surface area contributed by atoms with Gasteiger partial charge in [-0.15, -0.1) is 0 Å². The van der Waals surface area contributed by atoms with Crippen LogP contribution < -0.4 is 0 Å². The van der Waals surface area contributed by atoms with Crippen LogP contribution in [0.4, 0.5) is 0 Å². The van der Waals surface area contributed by atoms with Gasteiger partial charge >= 0.3 is 0 Å². The van der Waals surface area contributed by atoms with Gasteiger partial charge in [-0.2, -0.15) is 0 Å². The van der Waals surface area contributed by atoms with Gasteiger partial charge in [0.15, 0.2) is 0 Å². The van der Waals surface area contributed by atoms with Crippen molar-refractivity contribution < 1.29 is 9.84 Å². The Hall–Kier alpha value is -0.0800. The highest BCUT2D eigenvalue weighted by Crippen LogP contribution is 2.66. The Bertz CT molecular complexity index is 219. The minimum absolute atomic E-state index is 0.0394. The van der Waals surface area contributed by atoms with Crippen LogP contribution in [0.5, 0.6) is 0 Å². The van der Waals surface area contributed by atoms with Crippen LogP contribution in [-0.4, -0.2) is 23.4 Å². The molecule has 2 heteroatoms. The van der Waals surface area contributed by atoms with Crippen molar-refractivity contribution in [1.82, 2.24) is 0 Å². The number of hydrogen-bond donors (Lipinski definition) is 1. The molecule has 1 heterocycles. The number of hydrogen-bond acceptors (Lipinski definition) is 2. The lowest BCUT2D eigenvalue weighted by Crippen LogP contribution is -2.29. The first-order valence-electron chi connectivity index (χ1n) is 5.20. The number of fused-ring (bicyclic) bond motifs is 2. The average Bonchev–Trinajstić information content (AvgIpc) is 2.72. The molecule has 0 aromatic rings. The zero-order valence-corrected chi connectivity index (χ0v) is 7.02. The Balaban J connectivity index is 1.79. The van der Waals surface area contributed by atoms with E-state index < -0.39 is 0 Å². The van der Waals surface area contributed by atoms with Gasteiger partial charge in [-0.05, 0) is 37.0 Å². The van der Waals surface area contributed by atoms with Gasteiger partial charge in [0.05, 0.1) is 18.3 Å². The Labute approximate surface area is 71.9 Å². The fourth-order valence-electron chi connectivity index (χ4n) is 3.89. The lowest BCUT2D eigenvalue weighted by atomic mass is 9.83. The Morgan fingerprint density at radius 3 is 2.83 bits per heavy atom. The van der Waals surface area contributed by atoms with Gasteiger partial charge in [-0.1, -0.05) is 0 Å². The molecule has 4 saturated carbocycles. The molecule has 66 valence electrons. The van der Waals surface area contributed by atoms with E-state index in [1.165, 1.54) is 12.8 Å². The third kappa shape index (κ3) is 0.579. The van der Waals surface area contributed by atoms with Crippen LogP contribution in [0.25, 0.3) is 0 Å². The summed E-state index contributed by atoms with van der Waals surface area (Å²) in [6.07, 6.45) is 4.65. The molecule has 4 aliphatic carbocycles. The number of aliphatic hydroxyl groups excluding tert-OH is 1. The van der Waals surface area contributed by atoms with Crippen molar-refractivity contribution in [2.45, 2.75) is 37.6 Å².